The number of nitriles is 1. The molecule has 0 radical (unpaired) electrons. The Labute approximate surface area is 317 Å². The molecule has 7 heterocycles. The summed E-state index contributed by atoms with van der Waals surface area (Å²) in [7, 11) is 0. The van der Waals surface area contributed by atoms with E-state index in [0.29, 0.717) is 43.2 Å². The Hall–Kier alpha value is -4.93. The largest absolute Gasteiger partial charge is 0.461 e. The topological polar surface area (TPSA) is 142 Å². The van der Waals surface area contributed by atoms with Crippen LogP contribution in [0.4, 0.5) is 42.0 Å². The molecule has 55 heavy (non-hydrogen) atoms. The number of amides is 1. The van der Waals surface area contributed by atoms with E-state index in [1.807, 2.05) is 11.0 Å². The molecule has 2 N–H and O–H groups in total. The van der Waals surface area contributed by atoms with E-state index < -0.39 is 46.8 Å². The number of fused-ring (bicyclic) bond motifs is 3. The number of rotatable bonds is 5. The molecule has 0 bridgehead atoms. The maximum Gasteiger partial charge on any atom is 0.436 e. The number of carbonyl (C=O) groups excluding carboxylic acids is 1. The molecule has 4 saturated heterocycles. The second kappa shape index (κ2) is 12.5. The van der Waals surface area contributed by atoms with Gasteiger partial charge in [0.25, 0.3) is 0 Å². The summed E-state index contributed by atoms with van der Waals surface area (Å²) in [5, 5.41) is 16.7. The van der Waals surface area contributed by atoms with Gasteiger partial charge in [0.2, 0.25) is 0 Å². The van der Waals surface area contributed by atoms with Crippen molar-refractivity contribution in [2.75, 3.05) is 50.0 Å². The van der Waals surface area contributed by atoms with E-state index in [1.54, 1.807) is 0 Å². The molecule has 2 aromatic carbocycles. The second-order valence-corrected chi connectivity index (χ2v) is 16.0. The number of nitrogens with two attached hydrogens (primary N) is 1. The minimum absolute atomic E-state index is 0.0249. The van der Waals surface area contributed by atoms with Crippen molar-refractivity contribution in [2.24, 2.45) is 0 Å². The van der Waals surface area contributed by atoms with Crippen LogP contribution in [0.1, 0.15) is 43.4 Å². The summed E-state index contributed by atoms with van der Waals surface area (Å²) in [5.74, 6) is -1.32. The molecule has 4 aliphatic rings. The average molecular weight is 803 g/mol. The number of hydrogen-bond acceptors (Lipinski definition) is 11. The molecular formula is C35H29ClF6N10O2S. The van der Waals surface area contributed by atoms with Gasteiger partial charge in [-0.1, -0.05) is 22.9 Å². The molecule has 0 saturated carbocycles. The third-order valence-electron chi connectivity index (χ3n) is 11.5. The summed E-state index contributed by atoms with van der Waals surface area (Å²) in [6.07, 6.45) is -2.52. The van der Waals surface area contributed by atoms with Crippen LogP contribution in [0.15, 0.2) is 24.4 Å². The second-order valence-electron chi connectivity index (χ2n) is 14.5. The van der Waals surface area contributed by atoms with Gasteiger partial charge in [0.05, 0.1) is 32.6 Å². The fraction of sp³-hybridized carbons (Fsp3) is 0.429. The van der Waals surface area contributed by atoms with Crippen LogP contribution < -0.4 is 15.4 Å². The van der Waals surface area contributed by atoms with Gasteiger partial charge in [0.15, 0.2) is 11.5 Å². The molecule has 3 atom stereocenters. The van der Waals surface area contributed by atoms with Gasteiger partial charge in [-0.05, 0) is 49.9 Å². The zero-order chi connectivity index (χ0) is 38.6. The van der Waals surface area contributed by atoms with Crippen molar-refractivity contribution in [3.63, 3.8) is 0 Å². The summed E-state index contributed by atoms with van der Waals surface area (Å²) >= 11 is 7.70. The minimum atomic E-state index is -4.78. The lowest BCUT2D eigenvalue weighted by molar-refractivity contribution is -0.141. The van der Waals surface area contributed by atoms with E-state index in [9.17, 15) is 32.0 Å². The van der Waals surface area contributed by atoms with E-state index in [2.05, 4.69) is 20.2 Å². The number of nitrogen functional groups attached to an aromatic ring is 1. The summed E-state index contributed by atoms with van der Waals surface area (Å²) < 4.78 is 93.2. The first-order valence-corrected chi connectivity index (χ1v) is 18.6. The molecule has 5 aromatic rings. The lowest BCUT2D eigenvalue weighted by Crippen LogP contribution is -2.64. The summed E-state index contributed by atoms with van der Waals surface area (Å²) in [5.41, 5.74) is 3.13. The Morgan fingerprint density at radius 3 is 2.69 bits per heavy atom. The molecule has 9 rings (SSSR count). The molecule has 1 spiro atoms. The Morgan fingerprint density at radius 2 is 1.96 bits per heavy atom. The van der Waals surface area contributed by atoms with Gasteiger partial charge < -0.3 is 20.3 Å². The molecular weight excluding hydrogens is 774 g/mol. The Balaban J connectivity index is 1.13. The number of hydrogen-bond donors (Lipinski definition) is 1. The van der Waals surface area contributed by atoms with E-state index in [4.69, 9.17) is 27.1 Å². The number of halogens is 7. The Morgan fingerprint density at radius 1 is 1.16 bits per heavy atom. The third kappa shape index (κ3) is 5.54. The molecule has 4 fully saturated rings. The predicted molar refractivity (Wildman–Crippen MR) is 190 cm³/mol. The van der Waals surface area contributed by atoms with Crippen LogP contribution in [0, 0.1) is 23.0 Å². The van der Waals surface area contributed by atoms with Gasteiger partial charge in [-0.25, -0.2) is 18.0 Å². The third-order valence-corrected chi connectivity index (χ3v) is 12.8. The highest BCUT2D eigenvalue weighted by Gasteiger charge is 2.53. The number of ether oxygens (including phenoxy) is 1. The van der Waals surface area contributed by atoms with Gasteiger partial charge in [0, 0.05) is 48.9 Å². The molecule has 1 unspecified atom stereocenters. The average Bonchev–Trinajstić information content (AvgIpc) is 3.96. The highest BCUT2D eigenvalue weighted by molar-refractivity contribution is 7.23. The fourth-order valence-corrected chi connectivity index (χ4v) is 10.0. The van der Waals surface area contributed by atoms with E-state index in [0.717, 1.165) is 23.8 Å². The van der Waals surface area contributed by atoms with Gasteiger partial charge in [-0.3, -0.25) is 4.90 Å². The molecule has 0 aliphatic carbocycles. The number of nitrogens with zero attached hydrogens (tertiary/aromatic N) is 9. The number of alkyl halides is 4. The maximum atomic E-state index is 17.2. The standard InChI is InChI=1S/C35H29ClF6N10O2S/c36-21-10-19-27(26(39)25(21)18-2-3-22(38)28-24(18)20(12-43)29(44)55-28)45-31(54-16-34-4-1-7-50(34)13-17(37)11-34)46-30(19)49-8-5-33(15-49)6-9-51(33)32(53)52-14-23(47-48-52)35(40,41)42/h2-3,10,14,17H,1,4-9,11,13,15-16,44H2/t17-,33?,34+/m1/s1. The van der Waals surface area contributed by atoms with Crippen LogP contribution in [0.2, 0.25) is 5.02 Å². The lowest BCUT2D eigenvalue weighted by Gasteiger charge is -2.50. The van der Waals surface area contributed by atoms with Crippen LogP contribution in [-0.2, 0) is 6.18 Å². The SMILES string of the molecule is N#Cc1c(N)sc2c(F)ccc(-c3c(Cl)cc4c(N5CCC6(CCN6C(=O)n6cc(C(F)(F)F)nn6)C5)nc(OC[C@@]56CCCN5C[C@H](F)C6)nc4c3F)c12. The normalized spacial score (nSPS) is 23.9. The molecule has 286 valence electrons. The zero-order valence-corrected chi connectivity index (χ0v) is 30.2. The highest BCUT2D eigenvalue weighted by atomic mass is 35.5. The smallest absolute Gasteiger partial charge is 0.436 e. The van der Waals surface area contributed by atoms with Crippen LogP contribution in [0.25, 0.3) is 32.1 Å². The van der Waals surface area contributed by atoms with E-state index >= 15 is 4.39 Å². The molecule has 20 heteroatoms. The summed E-state index contributed by atoms with van der Waals surface area (Å²) in [4.78, 5) is 27.9. The number of benzene rings is 2. The number of likely N-dealkylation sites (tertiary alicyclic amines) is 1. The van der Waals surface area contributed by atoms with Crippen molar-refractivity contribution in [3.05, 3.63) is 52.3 Å². The Kier molecular flexibility index (Phi) is 8.15. The predicted octanol–water partition coefficient (Wildman–Crippen LogP) is 6.79. The van der Waals surface area contributed by atoms with Crippen molar-refractivity contribution < 1.29 is 35.9 Å². The van der Waals surface area contributed by atoms with Crippen LogP contribution in [0.5, 0.6) is 6.01 Å². The number of anilines is 2. The van der Waals surface area contributed by atoms with Crippen molar-refractivity contribution in [1.82, 2.24) is 34.8 Å². The summed E-state index contributed by atoms with van der Waals surface area (Å²) in [6, 6.07) is 4.95. The van der Waals surface area contributed by atoms with Crippen molar-refractivity contribution in [2.45, 2.75) is 55.5 Å². The quantitative estimate of drug-likeness (QED) is 0.189. The fourth-order valence-electron chi connectivity index (χ4n) is 8.78. The molecule has 1 amide bonds. The van der Waals surface area contributed by atoms with Gasteiger partial charge in [-0.15, -0.1) is 16.4 Å². The molecule has 3 aromatic heterocycles. The van der Waals surface area contributed by atoms with Crippen LogP contribution in [0.3, 0.4) is 0 Å². The first kappa shape index (κ1) is 35.8. The monoisotopic (exact) mass is 802 g/mol. The summed E-state index contributed by atoms with van der Waals surface area (Å²) in [6.45, 7) is 1.78. The highest BCUT2D eigenvalue weighted by Crippen LogP contribution is 2.48. The van der Waals surface area contributed by atoms with Gasteiger partial charge >= 0.3 is 18.2 Å². The van der Waals surface area contributed by atoms with Crippen molar-refractivity contribution in [1.29, 1.82) is 5.26 Å². The van der Waals surface area contributed by atoms with E-state index in [1.165, 1.54) is 17.0 Å². The van der Waals surface area contributed by atoms with Gasteiger partial charge in [-0.2, -0.15) is 33.1 Å². The first-order chi connectivity index (χ1) is 26.2. The van der Waals surface area contributed by atoms with Crippen LogP contribution >= 0.6 is 22.9 Å². The van der Waals surface area contributed by atoms with E-state index in [-0.39, 0.29) is 92.2 Å². The van der Waals surface area contributed by atoms with Crippen molar-refractivity contribution in [3.8, 4) is 23.2 Å². The number of aromatic nitrogens is 5. The Bertz CT molecular complexity index is 2470. The number of thiophene rings is 1. The van der Waals surface area contributed by atoms with Crippen molar-refractivity contribution >= 4 is 60.8 Å². The first-order valence-electron chi connectivity index (χ1n) is 17.4. The lowest BCUT2D eigenvalue weighted by atomic mass is 9.84. The number of carbonyl (C=O) groups is 1. The maximum absolute atomic E-state index is 17.2. The van der Waals surface area contributed by atoms with Crippen LogP contribution in [-0.4, -0.2) is 97.4 Å². The zero-order valence-electron chi connectivity index (χ0n) is 28.6. The molecule has 12 nitrogen and oxygen atoms in total. The molecule has 4 aliphatic heterocycles. The van der Waals surface area contributed by atoms with Gasteiger partial charge in [0.1, 0.15) is 41.0 Å². The minimum Gasteiger partial charge on any atom is -0.461 e.